The van der Waals surface area contributed by atoms with Crippen LogP contribution in [0, 0.1) is 9.39 Å². The molecule has 1 rings (SSSR count). The predicted octanol–water partition coefficient (Wildman–Crippen LogP) is 1.98. The standard InChI is InChI=1S/C9H12FIOSi/c10-7-2-3-9(8(11)6-7)12-4-1-5-13/h2-3,6H,1,4-5H2,13H3. The van der Waals surface area contributed by atoms with Gasteiger partial charge in [0.05, 0.1) is 10.2 Å². The summed E-state index contributed by atoms with van der Waals surface area (Å²) in [6.45, 7) is 0.741. The van der Waals surface area contributed by atoms with Gasteiger partial charge in [-0.2, -0.15) is 0 Å². The van der Waals surface area contributed by atoms with Crippen LogP contribution in [-0.4, -0.2) is 16.8 Å². The van der Waals surface area contributed by atoms with Crippen molar-refractivity contribution in [2.24, 2.45) is 0 Å². The maximum absolute atomic E-state index is 12.7. The van der Waals surface area contributed by atoms with Crippen LogP contribution in [0.3, 0.4) is 0 Å². The molecule has 0 aromatic heterocycles. The third kappa shape index (κ3) is 3.64. The second-order valence-electron chi connectivity index (χ2n) is 2.78. The van der Waals surface area contributed by atoms with Gasteiger partial charge in [-0.1, -0.05) is 6.04 Å². The second-order valence-corrected chi connectivity index (χ2v) is 4.94. The predicted molar refractivity (Wildman–Crippen MR) is 64.0 cm³/mol. The molecule has 1 nitrogen and oxygen atoms in total. The van der Waals surface area contributed by atoms with Gasteiger partial charge in [0, 0.05) is 10.2 Å². The van der Waals surface area contributed by atoms with E-state index in [1.807, 2.05) is 0 Å². The maximum atomic E-state index is 12.7. The number of ether oxygens (including phenoxy) is 1. The van der Waals surface area contributed by atoms with Crippen LogP contribution in [0.1, 0.15) is 6.42 Å². The molecule has 1 aromatic rings. The Hall–Kier alpha value is -0.103. The summed E-state index contributed by atoms with van der Waals surface area (Å²) < 4.78 is 19.0. The summed E-state index contributed by atoms with van der Waals surface area (Å²) >= 11 is 2.08. The van der Waals surface area contributed by atoms with E-state index in [1.165, 1.54) is 28.4 Å². The summed E-state index contributed by atoms with van der Waals surface area (Å²) in [4.78, 5) is 0. The first-order chi connectivity index (χ1) is 6.24. The average Bonchev–Trinajstić information content (AvgIpc) is 2.09. The Morgan fingerprint density at radius 3 is 2.85 bits per heavy atom. The molecule has 13 heavy (non-hydrogen) atoms. The molecule has 0 saturated carbocycles. The molecule has 0 spiro atoms. The Kier molecular flexibility index (Phi) is 4.72. The molecule has 0 saturated heterocycles. The van der Waals surface area contributed by atoms with Crippen LogP contribution < -0.4 is 4.74 Å². The lowest BCUT2D eigenvalue weighted by Crippen LogP contribution is -1.98. The summed E-state index contributed by atoms with van der Waals surface area (Å²) in [7, 11) is 1.22. The lowest BCUT2D eigenvalue weighted by Gasteiger charge is -2.06. The van der Waals surface area contributed by atoms with Crippen molar-refractivity contribution in [3.8, 4) is 5.75 Å². The van der Waals surface area contributed by atoms with Gasteiger partial charge < -0.3 is 4.74 Å². The summed E-state index contributed by atoms with van der Waals surface area (Å²) in [5, 5.41) is 0. The molecular weight excluding hydrogens is 298 g/mol. The molecule has 0 N–H and O–H groups in total. The maximum Gasteiger partial charge on any atom is 0.132 e. The van der Waals surface area contributed by atoms with E-state index in [4.69, 9.17) is 4.74 Å². The first-order valence-electron chi connectivity index (χ1n) is 4.32. The van der Waals surface area contributed by atoms with E-state index in [0.717, 1.165) is 22.3 Å². The molecule has 4 heteroatoms. The van der Waals surface area contributed by atoms with E-state index in [2.05, 4.69) is 22.6 Å². The number of hydrogen-bond acceptors (Lipinski definition) is 1. The van der Waals surface area contributed by atoms with E-state index in [9.17, 15) is 4.39 Å². The van der Waals surface area contributed by atoms with Gasteiger partial charge in [0.2, 0.25) is 0 Å². The van der Waals surface area contributed by atoms with Crippen LogP contribution in [0.4, 0.5) is 4.39 Å². The molecule has 0 atom stereocenters. The lowest BCUT2D eigenvalue weighted by atomic mass is 10.3. The van der Waals surface area contributed by atoms with Crippen molar-refractivity contribution in [3.05, 3.63) is 27.6 Å². The number of hydrogen-bond donors (Lipinski definition) is 0. The molecule has 0 fully saturated rings. The minimum Gasteiger partial charge on any atom is -0.492 e. The van der Waals surface area contributed by atoms with Crippen molar-refractivity contribution in [3.63, 3.8) is 0 Å². The molecule has 72 valence electrons. The van der Waals surface area contributed by atoms with Gasteiger partial charge in [0.15, 0.2) is 0 Å². The summed E-state index contributed by atoms with van der Waals surface area (Å²) in [6, 6.07) is 5.84. The zero-order chi connectivity index (χ0) is 9.68. The average molecular weight is 310 g/mol. The normalized spacial score (nSPS) is 10.3. The van der Waals surface area contributed by atoms with Crippen LogP contribution in [0.5, 0.6) is 5.75 Å². The fourth-order valence-electron chi connectivity index (χ4n) is 0.919. The van der Waals surface area contributed by atoms with Crippen LogP contribution in [0.2, 0.25) is 6.04 Å². The Balaban J connectivity index is 2.56. The van der Waals surface area contributed by atoms with Gasteiger partial charge in [0.1, 0.15) is 11.6 Å². The molecule has 1 aromatic carbocycles. The number of halogens is 2. The zero-order valence-electron chi connectivity index (χ0n) is 7.52. The van der Waals surface area contributed by atoms with E-state index < -0.39 is 0 Å². The second kappa shape index (κ2) is 5.59. The number of benzene rings is 1. The molecule has 0 aliphatic heterocycles. The Morgan fingerprint density at radius 1 is 1.46 bits per heavy atom. The molecule has 0 bridgehead atoms. The Labute approximate surface area is 94.2 Å². The highest BCUT2D eigenvalue weighted by Crippen LogP contribution is 2.21. The van der Waals surface area contributed by atoms with E-state index >= 15 is 0 Å². The highest BCUT2D eigenvalue weighted by atomic mass is 127. The van der Waals surface area contributed by atoms with Crippen molar-refractivity contribution in [2.45, 2.75) is 12.5 Å². The zero-order valence-corrected chi connectivity index (χ0v) is 11.7. The van der Waals surface area contributed by atoms with E-state index in [-0.39, 0.29) is 5.82 Å². The monoisotopic (exact) mass is 310 g/mol. The van der Waals surface area contributed by atoms with Crippen molar-refractivity contribution in [1.82, 2.24) is 0 Å². The van der Waals surface area contributed by atoms with Crippen molar-refractivity contribution >= 4 is 32.8 Å². The largest absolute Gasteiger partial charge is 0.492 e. The third-order valence-corrected chi connectivity index (χ3v) is 3.20. The fourth-order valence-corrected chi connectivity index (χ4v) is 1.84. The molecule has 0 aliphatic carbocycles. The summed E-state index contributed by atoms with van der Waals surface area (Å²) in [6.07, 6.45) is 1.10. The highest BCUT2D eigenvalue weighted by molar-refractivity contribution is 14.1. The SMILES string of the molecule is Fc1ccc(OCCC[SiH3])c(I)c1. The molecule has 0 heterocycles. The quantitative estimate of drug-likeness (QED) is 0.469. The van der Waals surface area contributed by atoms with Crippen LogP contribution >= 0.6 is 22.6 Å². The molecular formula is C9H12FIOSi. The van der Waals surface area contributed by atoms with Crippen molar-refractivity contribution in [2.75, 3.05) is 6.61 Å². The van der Waals surface area contributed by atoms with Crippen molar-refractivity contribution in [1.29, 1.82) is 0 Å². The summed E-state index contributed by atoms with van der Waals surface area (Å²) in [5.41, 5.74) is 0. The third-order valence-electron chi connectivity index (χ3n) is 1.65. The molecule has 0 radical (unpaired) electrons. The number of rotatable bonds is 4. The van der Waals surface area contributed by atoms with Gasteiger partial charge in [0.25, 0.3) is 0 Å². The smallest absolute Gasteiger partial charge is 0.132 e. The highest BCUT2D eigenvalue weighted by Gasteiger charge is 2.01. The molecule has 0 unspecified atom stereocenters. The Morgan fingerprint density at radius 2 is 2.23 bits per heavy atom. The van der Waals surface area contributed by atoms with Gasteiger partial charge in [-0.15, -0.1) is 0 Å². The minimum atomic E-state index is -0.209. The van der Waals surface area contributed by atoms with Crippen molar-refractivity contribution < 1.29 is 9.13 Å². The molecule has 0 amide bonds. The van der Waals surface area contributed by atoms with E-state index in [1.54, 1.807) is 6.07 Å². The minimum absolute atomic E-state index is 0.209. The lowest BCUT2D eigenvalue weighted by molar-refractivity contribution is 0.315. The van der Waals surface area contributed by atoms with Crippen LogP contribution in [0.25, 0.3) is 0 Å². The van der Waals surface area contributed by atoms with Gasteiger partial charge in [-0.05, 0) is 47.2 Å². The van der Waals surface area contributed by atoms with Gasteiger partial charge in [-0.3, -0.25) is 0 Å². The first kappa shape index (κ1) is 11.0. The van der Waals surface area contributed by atoms with Crippen LogP contribution in [-0.2, 0) is 0 Å². The topological polar surface area (TPSA) is 9.23 Å². The first-order valence-corrected chi connectivity index (χ1v) is 6.81. The fraction of sp³-hybridized carbons (Fsp3) is 0.333. The van der Waals surface area contributed by atoms with E-state index in [0.29, 0.717) is 0 Å². The van der Waals surface area contributed by atoms with Gasteiger partial charge in [-0.25, -0.2) is 4.39 Å². The molecule has 0 aliphatic rings. The van der Waals surface area contributed by atoms with Crippen LogP contribution in [0.15, 0.2) is 18.2 Å². The summed E-state index contributed by atoms with van der Waals surface area (Å²) in [5.74, 6) is 0.580. The van der Waals surface area contributed by atoms with Gasteiger partial charge >= 0.3 is 0 Å². The Bertz CT molecular complexity index is 280.